The number of rotatable bonds is 11. The second-order valence-electron chi connectivity index (χ2n) is 7.33. The standard InChI is InChI=1S/C25H27N5O5/c1-4-33-20-10-9-18(16-21(20)34-5-2)25(31)26-13-14-35-23-12-11-22-27-28-24(30(22)29-23)17-7-6-8-19(15-17)32-3/h6-12,15-16H,4-5,13-14H2,1-3H3,(H,26,31). The molecule has 0 bridgehead atoms. The van der Waals surface area contributed by atoms with Gasteiger partial charge in [-0.15, -0.1) is 15.3 Å². The molecule has 0 aliphatic rings. The third-order valence-electron chi connectivity index (χ3n) is 5.01. The van der Waals surface area contributed by atoms with Crippen molar-refractivity contribution in [2.75, 3.05) is 33.5 Å². The maximum Gasteiger partial charge on any atom is 0.251 e. The van der Waals surface area contributed by atoms with E-state index in [-0.39, 0.29) is 12.5 Å². The highest BCUT2D eigenvalue weighted by atomic mass is 16.5. The molecule has 0 atom stereocenters. The van der Waals surface area contributed by atoms with Gasteiger partial charge in [-0.1, -0.05) is 12.1 Å². The summed E-state index contributed by atoms with van der Waals surface area (Å²) in [5.41, 5.74) is 1.88. The minimum absolute atomic E-state index is 0.232. The fraction of sp³-hybridized carbons (Fsp3) is 0.280. The Morgan fingerprint density at radius 3 is 2.57 bits per heavy atom. The number of carbonyl (C=O) groups excluding carboxylic acids is 1. The zero-order valence-electron chi connectivity index (χ0n) is 19.9. The summed E-state index contributed by atoms with van der Waals surface area (Å²) in [5.74, 6) is 2.58. The first-order valence-electron chi connectivity index (χ1n) is 11.3. The molecule has 2 aromatic heterocycles. The number of nitrogens with one attached hydrogen (secondary N) is 1. The van der Waals surface area contributed by atoms with Gasteiger partial charge in [-0.2, -0.15) is 4.52 Å². The monoisotopic (exact) mass is 477 g/mol. The predicted molar refractivity (Wildman–Crippen MR) is 129 cm³/mol. The molecule has 2 heterocycles. The number of nitrogens with zero attached hydrogens (tertiary/aromatic N) is 4. The maximum absolute atomic E-state index is 12.6. The first-order valence-corrected chi connectivity index (χ1v) is 11.3. The Bertz CT molecular complexity index is 1310. The van der Waals surface area contributed by atoms with E-state index in [1.165, 1.54) is 0 Å². The molecule has 1 amide bonds. The van der Waals surface area contributed by atoms with E-state index in [0.29, 0.717) is 59.9 Å². The number of aromatic nitrogens is 4. The quantitative estimate of drug-likeness (QED) is 0.328. The third kappa shape index (κ3) is 5.60. The maximum atomic E-state index is 12.6. The van der Waals surface area contributed by atoms with Crippen molar-refractivity contribution in [1.82, 2.24) is 25.1 Å². The molecular weight excluding hydrogens is 450 g/mol. The van der Waals surface area contributed by atoms with Crippen LogP contribution in [0.4, 0.5) is 0 Å². The number of hydrogen-bond donors (Lipinski definition) is 1. The molecule has 2 aromatic carbocycles. The lowest BCUT2D eigenvalue weighted by atomic mass is 10.2. The molecule has 0 radical (unpaired) electrons. The molecular formula is C25H27N5O5. The lowest BCUT2D eigenvalue weighted by Gasteiger charge is -2.12. The van der Waals surface area contributed by atoms with Gasteiger partial charge in [0.25, 0.3) is 5.91 Å². The molecule has 182 valence electrons. The summed E-state index contributed by atoms with van der Waals surface area (Å²) in [5, 5.41) is 15.7. The van der Waals surface area contributed by atoms with Gasteiger partial charge in [0.1, 0.15) is 12.4 Å². The van der Waals surface area contributed by atoms with Gasteiger partial charge >= 0.3 is 0 Å². The Hall–Kier alpha value is -4.34. The average Bonchev–Trinajstić information content (AvgIpc) is 3.31. The van der Waals surface area contributed by atoms with Crippen LogP contribution < -0.4 is 24.3 Å². The van der Waals surface area contributed by atoms with Crippen molar-refractivity contribution >= 4 is 11.6 Å². The largest absolute Gasteiger partial charge is 0.497 e. The van der Waals surface area contributed by atoms with E-state index in [1.54, 1.807) is 42.0 Å². The van der Waals surface area contributed by atoms with Crippen molar-refractivity contribution in [2.24, 2.45) is 0 Å². The molecule has 0 unspecified atom stereocenters. The van der Waals surface area contributed by atoms with E-state index in [9.17, 15) is 4.79 Å². The summed E-state index contributed by atoms with van der Waals surface area (Å²) in [7, 11) is 1.61. The van der Waals surface area contributed by atoms with Gasteiger partial charge in [-0.3, -0.25) is 4.79 Å². The second kappa shape index (κ2) is 11.2. The van der Waals surface area contributed by atoms with E-state index < -0.39 is 0 Å². The van der Waals surface area contributed by atoms with Crippen LogP contribution in [0.15, 0.2) is 54.6 Å². The van der Waals surface area contributed by atoms with Gasteiger partial charge in [0.05, 0.1) is 26.9 Å². The fourth-order valence-corrected chi connectivity index (χ4v) is 3.41. The number of benzene rings is 2. The van der Waals surface area contributed by atoms with Crippen molar-refractivity contribution < 1.29 is 23.7 Å². The van der Waals surface area contributed by atoms with Crippen LogP contribution in [-0.2, 0) is 0 Å². The summed E-state index contributed by atoms with van der Waals surface area (Å²) in [6.07, 6.45) is 0. The topological polar surface area (TPSA) is 109 Å². The number of carbonyl (C=O) groups is 1. The van der Waals surface area contributed by atoms with Crippen LogP contribution in [0.2, 0.25) is 0 Å². The van der Waals surface area contributed by atoms with Crippen LogP contribution >= 0.6 is 0 Å². The normalized spacial score (nSPS) is 10.7. The highest BCUT2D eigenvalue weighted by Gasteiger charge is 2.13. The summed E-state index contributed by atoms with van der Waals surface area (Å²) >= 11 is 0. The Morgan fingerprint density at radius 1 is 0.943 bits per heavy atom. The molecule has 0 aliphatic carbocycles. The first kappa shape index (κ1) is 23.8. The van der Waals surface area contributed by atoms with Crippen LogP contribution in [0.3, 0.4) is 0 Å². The SMILES string of the molecule is CCOc1ccc(C(=O)NCCOc2ccc3nnc(-c4cccc(OC)c4)n3n2)cc1OCC. The third-order valence-corrected chi connectivity index (χ3v) is 5.01. The number of fused-ring (bicyclic) bond motifs is 1. The van der Waals surface area contributed by atoms with E-state index >= 15 is 0 Å². The molecule has 10 heteroatoms. The lowest BCUT2D eigenvalue weighted by Crippen LogP contribution is -2.28. The summed E-state index contributed by atoms with van der Waals surface area (Å²) < 4.78 is 23.8. The van der Waals surface area contributed by atoms with Gasteiger partial charge < -0.3 is 24.3 Å². The minimum atomic E-state index is -0.236. The molecule has 0 aliphatic heterocycles. The van der Waals surface area contributed by atoms with E-state index in [1.807, 2.05) is 38.1 Å². The van der Waals surface area contributed by atoms with E-state index in [0.717, 1.165) is 5.56 Å². The number of methoxy groups -OCH3 is 1. The Labute approximate surface area is 202 Å². The molecule has 4 aromatic rings. The summed E-state index contributed by atoms with van der Waals surface area (Å²) in [6.45, 7) is 5.29. The highest BCUT2D eigenvalue weighted by Crippen LogP contribution is 2.28. The second-order valence-corrected chi connectivity index (χ2v) is 7.33. The zero-order chi connectivity index (χ0) is 24.6. The molecule has 0 saturated heterocycles. The van der Waals surface area contributed by atoms with Crippen molar-refractivity contribution in [3.63, 3.8) is 0 Å². The van der Waals surface area contributed by atoms with Gasteiger partial charge in [0.2, 0.25) is 5.88 Å². The van der Waals surface area contributed by atoms with E-state index in [4.69, 9.17) is 18.9 Å². The smallest absolute Gasteiger partial charge is 0.251 e. The predicted octanol–water partition coefficient (Wildman–Crippen LogP) is 3.41. The molecule has 0 fully saturated rings. The molecule has 0 saturated carbocycles. The number of amides is 1. The van der Waals surface area contributed by atoms with Gasteiger partial charge in [0, 0.05) is 17.2 Å². The number of hydrogen-bond acceptors (Lipinski definition) is 8. The molecule has 10 nitrogen and oxygen atoms in total. The summed E-state index contributed by atoms with van der Waals surface area (Å²) in [6, 6.07) is 16.1. The Kier molecular flexibility index (Phi) is 7.61. The molecule has 35 heavy (non-hydrogen) atoms. The van der Waals surface area contributed by atoms with Gasteiger partial charge in [-0.25, -0.2) is 0 Å². The van der Waals surface area contributed by atoms with Gasteiger partial charge in [-0.05, 0) is 50.2 Å². The average molecular weight is 478 g/mol. The molecule has 4 rings (SSSR count). The van der Waals surface area contributed by atoms with Gasteiger partial charge in [0.15, 0.2) is 23.0 Å². The number of ether oxygens (including phenoxy) is 4. The van der Waals surface area contributed by atoms with Crippen LogP contribution in [0.1, 0.15) is 24.2 Å². The first-order chi connectivity index (χ1) is 17.1. The van der Waals surface area contributed by atoms with Crippen LogP contribution in [-0.4, -0.2) is 59.2 Å². The van der Waals surface area contributed by atoms with Crippen molar-refractivity contribution in [1.29, 1.82) is 0 Å². The van der Waals surface area contributed by atoms with Crippen molar-refractivity contribution in [3.05, 3.63) is 60.2 Å². The van der Waals surface area contributed by atoms with Crippen LogP contribution in [0.5, 0.6) is 23.1 Å². The minimum Gasteiger partial charge on any atom is -0.497 e. The Balaban J connectivity index is 1.38. The lowest BCUT2D eigenvalue weighted by molar-refractivity contribution is 0.0946. The zero-order valence-corrected chi connectivity index (χ0v) is 19.9. The Morgan fingerprint density at radius 2 is 1.77 bits per heavy atom. The fourth-order valence-electron chi connectivity index (χ4n) is 3.41. The van der Waals surface area contributed by atoms with Crippen LogP contribution in [0.25, 0.3) is 17.0 Å². The van der Waals surface area contributed by atoms with Crippen molar-refractivity contribution in [3.8, 4) is 34.5 Å². The van der Waals surface area contributed by atoms with E-state index in [2.05, 4.69) is 20.6 Å². The summed E-state index contributed by atoms with van der Waals surface area (Å²) in [4.78, 5) is 12.6. The van der Waals surface area contributed by atoms with Crippen LogP contribution in [0, 0.1) is 0 Å². The molecule has 0 spiro atoms. The highest BCUT2D eigenvalue weighted by molar-refractivity contribution is 5.94. The van der Waals surface area contributed by atoms with Crippen molar-refractivity contribution in [2.45, 2.75) is 13.8 Å². The molecule has 1 N–H and O–H groups in total.